The van der Waals surface area contributed by atoms with Crippen LogP contribution in [-0.2, 0) is 4.79 Å². The summed E-state index contributed by atoms with van der Waals surface area (Å²) in [6.45, 7) is 2.25. The molecule has 2 nitrogen and oxygen atoms in total. The molecule has 0 unspecified atom stereocenters. The van der Waals surface area contributed by atoms with Crippen LogP contribution in [0, 0.1) is 0 Å². The first-order chi connectivity index (χ1) is 7.77. The molecule has 0 aliphatic rings. The Morgan fingerprint density at radius 3 is 1.39 bits per heavy atom. The van der Waals surface area contributed by atoms with Crippen molar-refractivity contribution < 1.29 is 9.90 Å². The van der Waals surface area contributed by atoms with Crippen molar-refractivity contribution in [3.05, 3.63) is 0 Å². The molecule has 0 aromatic rings. The molecular formula is C14H28K2O2. The van der Waals surface area contributed by atoms with Gasteiger partial charge in [0.1, 0.15) is 0 Å². The second-order valence-electron chi connectivity index (χ2n) is 4.68. The van der Waals surface area contributed by atoms with Gasteiger partial charge in [-0.05, 0) is 6.42 Å². The molecule has 0 aliphatic carbocycles. The fraction of sp³-hybridized carbons (Fsp3) is 0.929. The summed E-state index contributed by atoms with van der Waals surface area (Å²) in [5.74, 6) is -0.657. The van der Waals surface area contributed by atoms with Crippen molar-refractivity contribution in [2.45, 2.75) is 84.0 Å². The predicted octanol–water partition coefficient (Wildman–Crippen LogP) is 4.01. The van der Waals surface area contributed by atoms with E-state index in [9.17, 15) is 4.79 Å². The smallest absolute Gasteiger partial charge is 0.303 e. The van der Waals surface area contributed by atoms with Gasteiger partial charge < -0.3 is 5.11 Å². The van der Waals surface area contributed by atoms with Crippen molar-refractivity contribution in [2.75, 3.05) is 0 Å². The van der Waals surface area contributed by atoms with Crippen LogP contribution in [0.15, 0.2) is 0 Å². The maximum absolute atomic E-state index is 10.3. The van der Waals surface area contributed by atoms with Crippen LogP contribution < -0.4 is 0 Å². The van der Waals surface area contributed by atoms with E-state index in [2.05, 4.69) is 6.92 Å². The number of unbranched alkanes of at least 4 members (excludes halogenated alkanes) is 10. The first-order valence-corrected chi connectivity index (χ1v) is 6.99. The van der Waals surface area contributed by atoms with Crippen LogP contribution >= 0.6 is 0 Å². The molecule has 0 rings (SSSR count). The molecule has 0 bridgehead atoms. The number of carboxylic acid groups (broad SMARTS) is 1. The Hall–Kier alpha value is 2.74. The van der Waals surface area contributed by atoms with Gasteiger partial charge in [-0.3, -0.25) is 4.79 Å². The molecule has 0 spiro atoms. The molecular weight excluding hydrogens is 278 g/mol. The fourth-order valence-corrected chi connectivity index (χ4v) is 1.94. The van der Waals surface area contributed by atoms with Crippen molar-refractivity contribution in [3.8, 4) is 0 Å². The summed E-state index contributed by atoms with van der Waals surface area (Å²) in [5, 5.41) is 8.46. The third kappa shape index (κ3) is 23.8. The largest absolute Gasteiger partial charge is 0.481 e. The summed E-state index contributed by atoms with van der Waals surface area (Å²) in [6.07, 6.45) is 14.4. The number of aliphatic carboxylic acids is 1. The van der Waals surface area contributed by atoms with Crippen LogP contribution in [-0.4, -0.2) is 114 Å². The van der Waals surface area contributed by atoms with Gasteiger partial charge in [-0.2, -0.15) is 0 Å². The first-order valence-electron chi connectivity index (χ1n) is 6.99. The standard InChI is InChI=1S/C14H28O2.2K/c1-2-3-4-5-6-7-8-9-10-11-12-13-14(15)16;;/h2-13H2,1H3,(H,15,16);;. The van der Waals surface area contributed by atoms with E-state index in [1.165, 1.54) is 57.8 Å². The van der Waals surface area contributed by atoms with Crippen LogP contribution in [0.25, 0.3) is 0 Å². The minimum atomic E-state index is -0.657. The molecule has 98 valence electrons. The van der Waals surface area contributed by atoms with Gasteiger partial charge in [0.05, 0.1) is 0 Å². The van der Waals surface area contributed by atoms with E-state index in [0.29, 0.717) is 6.42 Å². The van der Waals surface area contributed by atoms with Crippen LogP contribution in [0.2, 0.25) is 0 Å². The summed E-state index contributed by atoms with van der Waals surface area (Å²) in [4.78, 5) is 10.3. The first kappa shape index (κ1) is 25.7. The quantitative estimate of drug-likeness (QED) is 0.437. The average molecular weight is 307 g/mol. The number of carbonyl (C=O) groups is 1. The van der Waals surface area contributed by atoms with E-state index in [1.54, 1.807) is 0 Å². The van der Waals surface area contributed by atoms with Gasteiger partial charge in [-0.1, -0.05) is 71.1 Å². The molecule has 0 aromatic carbocycles. The van der Waals surface area contributed by atoms with Gasteiger partial charge in [0, 0.05) is 109 Å². The van der Waals surface area contributed by atoms with E-state index in [0.717, 1.165) is 12.8 Å². The maximum atomic E-state index is 10.3. The molecule has 0 heterocycles. The molecule has 18 heavy (non-hydrogen) atoms. The summed E-state index contributed by atoms with van der Waals surface area (Å²) in [5.41, 5.74) is 0. The van der Waals surface area contributed by atoms with Crippen LogP contribution in [0.4, 0.5) is 0 Å². The monoisotopic (exact) mass is 306 g/mol. The molecule has 0 aromatic heterocycles. The minimum absolute atomic E-state index is 0. The summed E-state index contributed by atoms with van der Waals surface area (Å²) < 4.78 is 0. The van der Waals surface area contributed by atoms with Crippen LogP contribution in [0.5, 0.6) is 0 Å². The Morgan fingerprint density at radius 1 is 0.722 bits per heavy atom. The normalized spacial score (nSPS) is 9.39. The summed E-state index contributed by atoms with van der Waals surface area (Å²) in [6, 6.07) is 0. The van der Waals surface area contributed by atoms with E-state index in [-0.39, 0.29) is 103 Å². The van der Waals surface area contributed by atoms with Crippen LogP contribution in [0.1, 0.15) is 84.0 Å². The molecule has 0 amide bonds. The van der Waals surface area contributed by atoms with Gasteiger partial charge in [-0.25, -0.2) is 0 Å². The Labute approximate surface area is 198 Å². The SMILES string of the molecule is CCCCCCCCCCCCCC(=O)O.[K].[K]. The van der Waals surface area contributed by atoms with Gasteiger partial charge in [0.25, 0.3) is 0 Å². The number of hydrogen-bond acceptors (Lipinski definition) is 1. The molecule has 2 radical (unpaired) electrons. The third-order valence-corrected chi connectivity index (χ3v) is 2.99. The molecule has 0 saturated heterocycles. The van der Waals surface area contributed by atoms with Gasteiger partial charge in [-0.15, -0.1) is 0 Å². The Bertz CT molecular complexity index is 164. The van der Waals surface area contributed by atoms with E-state index >= 15 is 0 Å². The second-order valence-corrected chi connectivity index (χ2v) is 4.68. The Kier molecular flexibility index (Phi) is 31.4. The van der Waals surface area contributed by atoms with Crippen molar-refractivity contribution in [1.82, 2.24) is 0 Å². The summed E-state index contributed by atoms with van der Waals surface area (Å²) >= 11 is 0. The number of rotatable bonds is 12. The molecule has 0 aliphatic heterocycles. The van der Waals surface area contributed by atoms with Crippen LogP contribution in [0.3, 0.4) is 0 Å². The average Bonchev–Trinajstić information content (AvgIpc) is 2.25. The maximum Gasteiger partial charge on any atom is 0.303 e. The van der Waals surface area contributed by atoms with Gasteiger partial charge in [0.2, 0.25) is 0 Å². The van der Waals surface area contributed by atoms with E-state index < -0.39 is 5.97 Å². The minimum Gasteiger partial charge on any atom is -0.481 e. The fourth-order valence-electron chi connectivity index (χ4n) is 1.94. The molecule has 0 fully saturated rings. The Balaban J connectivity index is -0.00000112. The zero-order valence-electron chi connectivity index (χ0n) is 12.8. The topological polar surface area (TPSA) is 37.3 Å². The van der Waals surface area contributed by atoms with E-state index in [4.69, 9.17) is 5.11 Å². The zero-order chi connectivity index (χ0) is 12.1. The number of carboxylic acids is 1. The molecule has 0 saturated carbocycles. The second kappa shape index (κ2) is 22.0. The predicted molar refractivity (Wildman–Crippen MR) is 80.2 cm³/mol. The number of hydrogen-bond donors (Lipinski definition) is 1. The molecule has 4 heteroatoms. The molecule has 0 atom stereocenters. The van der Waals surface area contributed by atoms with E-state index in [1.807, 2.05) is 0 Å². The zero-order valence-corrected chi connectivity index (χ0v) is 19.1. The van der Waals surface area contributed by atoms with Crippen molar-refractivity contribution in [3.63, 3.8) is 0 Å². The van der Waals surface area contributed by atoms with Gasteiger partial charge in [0.15, 0.2) is 0 Å². The van der Waals surface area contributed by atoms with Gasteiger partial charge >= 0.3 is 5.97 Å². The third-order valence-electron chi connectivity index (χ3n) is 2.99. The summed E-state index contributed by atoms with van der Waals surface area (Å²) in [7, 11) is 0. The van der Waals surface area contributed by atoms with Crippen molar-refractivity contribution in [2.24, 2.45) is 0 Å². The van der Waals surface area contributed by atoms with Crippen molar-refractivity contribution in [1.29, 1.82) is 0 Å². The van der Waals surface area contributed by atoms with Crippen molar-refractivity contribution >= 4 is 109 Å². The molecule has 1 N–H and O–H groups in total. The Morgan fingerprint density at radius 2 is 1.06 bits per heavy atom.